The highest BCUT2D eigenvalue weighted by atomic mass is 16.5. The van der Waals surface area contributed by atoms with Crippen LogP contribution < -0.4 is 4.74 Å². The molecular formula is C12H12O3. The normalized spacial score (nSPS) is 18.3. The number of hydrogen-bond donors (Lipinski definition) is 1. The molecule has 0 spiro atoms. The molecular weight excluding hydrogens is 192 g/mol. The molecule has 0 saturated heterocycles. The number of aliphatic carboxylic acids is 1. The number of carbonyl (C=O) groups is 1. The van der Waals surface area contributed by atoms with E-state index in [1.54, 1.807) is 19.3 Å². The minimum Gasteiger partial charge on any atom is -0.497 e. The average molecular weight is 204 g/mol. The largest absolute Gasteiger partial charge is 0.497 e. The third-order valence-corrected chi connectivity index (χ3v) is 2.62. The molecule has 0 heterocycles. The Balaban J connectivity index is 2.47. The third-order valence-electron chi connectivity index (χ3n) is 2.62. The van der Waals surface area contributed by atoms with Crippen molar-refractivity contribution >= 4 is 5.97 Å². The molecule has 3 heteroatoms. The summed E-state index contributed by atoms with van der Waals surface area (Å²) in [5.74, 6) is -0.653. The van der Waals surface area contributed by atoms with Gasteiger partial charge in [0, 0.05) is 0 Å². The van der Waals surface area contributed by atoms with E-state index >= 15 is 0 Å². The van der Waals surface area contributed by atoms with Crippen LogP contribution in [0.1, 0.15) is 17.0 Å². The molecule has 1 aliphatic rings. The second kappa shape index (κ2) is 3.77. The van der Waals surface area contributed by atoms with E-state index in [-0.39, 0.29) is 0 Å². The number of ether oxygens (including phenoxy) is 1. The molecule has 0 saturated carbocycles. The number of rotatable bonds is 2. The number of allylic oxidation sites excluding steroid dienone is 1. The van der Waals surface area contributed by atoms with E-state index in [1.165, 1.54) is 0 Å². The second-order valence-electron chi connectivity index (χ2n) is 3.51. The van der Waals surface area contributed by atoms with E-state index in [1.807, 2.05) is 18.2 Å². The molecule has 1 aromatic rings. The maximum Gasteiger partial charge on any atom is 0.314 e. The lowest BCUT2D eigenvalue weighted by Crippen LogP contribution is -2.14. The Hall–Kier alpha value is -1.77. The number of carboxylic acid groups (broad SMARTS) is 1. The topological polar surface area (TPSA) is 46.5 Å². The molecule has 0 bridgehead atoms. The van der Waals surface area contributed by atoms with E-state index in [4.69, 9.17) is 9.84 Å². The standard InChI is InChI=1S/C12H12O3/c1-15-9-6-5-8-3-2-4-10(12(13)14)11(8)7-9/h2,4-7,10H,3H2,1H3,(H,13,14)/t10-/m0/s1. The Bertz CT molecular complexity index is 421. The van der Waals surface area contributed by atoms with Crippen molar-refractivity contribution < 1.29 is 14.6 Å². The van der Waals surface area contributed by atoms with Crippen molar-refractivity contribution in [2.45, 2.75) is 12.3 Å². The highest BCUT2D eigenvalue weighted by Gasteiger charge is 2.22. The number of hydrogen-bond acceptors (Lipinski definition) is 2. The van der Waals surface area contributed by atoms with Crippen LogP contribution in [0.4, 0.5) is 0 Å². The SMILES string of the molecule is COc1ccc2c(c1)[C@@H](C(=O)O)C=CC2. The van der Waals surface area contributed by atoms with Gasteiger partial charge in [0.15, 0.2) is 0 Å². The summed E-state index contributed by atoms with van der Waals surface area (Å²) in [5, 5.41) is 9.06. The van der Waals surface area contributed by atoms with Crippen LogP contribution in [0.15, 0.2) is 30.4 Å². The maximum absolute atomic E-state index is 11.0. The Labute approximate surface area is 88.0 Å². The quantitative estimate of drug-likeness (QED) is 0.749. The minimum atomic E-state index is -0.819. The summed E-state index contributed by atoms with van der Waals surface area (Å²) in [6.07, 6.45) is 4.42. The van der Waals surface area contributed by atoms with Crippen molar-refractivity contribution in [3.05, 3.63) is 41.5 Å². The summed E-state index contributed by atoms with van der Waals surface area (Å²) in [6, 6.07) is 5.59. The van der Waals surface area contributed by atoms with Crippen LogP contribution in [-0.2, 0) is 11.2 Å². The monoisotopic (exact) mass is 204 g/mol. The van der Waals surface area contributed by atoms with Crippen LogP contribution in [0.5, 0.6) is 5.75 Å². The highest BCUT2D eigenvalue weighted by Crippen LogP contribution is 2.30. The zero-order valence-electron chi connectivity index (χ0n) is 8.43. The number of methoxy groups -OCH3 is 1. The number of fused-ring (bicyclic) bond motifs is 1. The van der Waals surface area contributed by atoms with Gasteiger partial charge in [-0.05, 0) is 29.7 Å². The van der Waals surface area contributed by atoms with Crippen LogP contribution in [0.25, 0.3) is 0 Å². The summed E-state index contributed by atoms with van der Waals surface area (Å²) < 4.78 is 5.09. The van der Waals surface area contributed by atoms with E-state index in [9.17, 15) is 4.79 Å². The predicted octanol–water partition coefficient (Wildman–Crippen LogP) is 1.98. The summed E-state index contributed by atoms with van der Waals surface area (Å²) in [6.45, 7) is 0. The predicted molar refractivity (Wildman–Crippen MR) is 56.2 cm³/mol. The van der Waals surface area contributed by atoms with Gasteiger partial charge in [0.05, 0.1) is 7.11 Å². The van der Waals surface area contributed by atoms with Gasteiger partial charge in [0.2, 0.25) is 0 Å². The first-order valence-electron chi connectivity index (χ1n) is 4.78. The Morgan fingerprint density at radius 2 is 2.33 bits per heavy atom. The Kier molecular flexibility index (Phi) is 2.46. The van der Waals surface area contributed by atoms with Crippen molar-refractivity contribution in [3.63, 3.8) is 0 Å². The highest BCUT2D eigenvalue weighted by molar-refractivity contribution is 5.80. The van der Waals surface area contributed by atoms with Crippen molar-refractivity contribution in [2.75, 3.05) is 7.11 Å². The van der Waals surface area contributed by atoms with Gasteiger partial charge < -0.3 is 9.84 Å². The molecule has 78 valence electrons. The average Bonchev–Trinajstić information content (AvgIpc) is 2.27. The zero-order valence-corrected chi connectivity index (χ0v) is 8.43. The molecule has 1 N–H and O–H groups in total. The van der Waals surface area contributed by atoms with E-state index in [2.05, 4.69) is 0 Å². The summed E-state index contributed by atoms with van der Waals surface area (Å²) in [5.41, 5.74) is 1.90. The van der Waals surface area contributed by atoms with Crippen LogP contribution in [0.2, 0.25) is 0 Å². The van der Waals surface area contributed by atoms with Gasteiger partial charge >= 0.3 is 5.97 Å². The first-order valence-corrected chi connectivity index (χ1v) is 4.78. The van der Waals surface area contributed by atoms with E-state index in [0.717, 1.165) is 17.5 Å². The van der Waals surface area contributed by atoms with Gasteiger partial charge in [-0.1, -0.05) is 18.2 Å². The van der Waals surface area contributed by atoms with Crippen LogP contribution in [0, 0.1) is 0 Å². The molecule has 0 fully saturated rings. The zero-order chi connectivity index (χ0) is 10.8. The van der Waals surface area contributed by atoms with Crippen LogP contribution in [-0.4, -0.2) is 18.2 Å². The minimum absolute atomic E-state index is 0.538. The third kappa shape index (κ3) is 1.73. The van der Waals surface area contributed by atoms with Crippen molar-refractivity contribution in [2.24, 2.45) is 0 Å². The van der Waals surface area contributed by atoms with Crippen molar-refractivity contribution in [3.8, 4) is 5.75 Å². The number of carboxylic acids is 1. The van der Waals surface area contributed by atoms with Gasteiger partial charge in [0.1, 0.15) is 11.7 Å². The van der Waals surface area contributed by atoms with Gasteiger partial charge in [-0.25, -0.2) is 0 Å². The molecule has 0 radical (unpaired) electrons. The summed E-state index contributed by atoms with van der Waals surface area (Å²) >= 11 is 0. The lowest BCUT2D eigenvalue weighted by molar-refractivity contribution is -0.137. The molecule has 0 amide bonds. The second-order valence-corrected chi connectivity index (χ2v) is 3.51. The molecule has 1 atom stereocenters. The van der Waals surface area contributed by atoms with Gasteiger partial charge in [-0.3, -0.25) is 4.79 Å². The fourth-order valence-corrected chi connectivity index (χ4v) is 1.83. The fourth-order valence-electron chi connectivity index (χ4n) is 1.83. The summed E-state index contributed by atoms with van der Waals surface area (Å²) in [4.78, 5) is 11.0. The van der Waals surface area contributed by atoms with Gasteiger partial charge in [0.25, 0.3) is 0 Å². The van der Waals surface area contributed by atoms with Gasteiger partial charge in [-0.2, -0.15) is 0 Å². The van der Waals surface area contributed by atoms with Gasteiger partial charge in [-0.15, -0.1) is 0 Å². The lowest BCUT2D eigenvalue weighted by Gasteiger charge is -2.18. The van der Waals surface area contributed by atoms with Crippen molar-refractivity contribution in [1.82, 2.24) is 0 Å². The fraction of sp³-hybridized carbons (Fsp3) is 0.250. The molecule has 3 nitrogen and oxygen atoms in total. The summed E-state index contributed by atoms with van der Waals surface area (Å²) in [7, 11) is 1.58. The molecule has 0 aromatic heterocycles. The van der Waals surface area contributed by atoms with E-state index < -0.39 is 11.9 Å². The molecule has 0 aliphatic heterocycles. The molecule has 2 rings (SSSR count). The smallest absolute Gasteiger partial charge is 0.314 e. The Morgan fingerprint density at radius 3 is 3.00 bits per heavy atom. The Morgan fingerprint density at radius 1 is 1.53 bits per heavy atom. The first kappa shape index (κ1) is 9.77. The van der Waals surface area contributed by atoms with Crippen LogP contribution in [0.3, 0.4) is 0 Å². The maximum atomic E-state index is 11.0. The first-order chi connectivity index (χ1) is 7.22. The molecule has 15 heavy (non-hydrogen) atoms. The van der Waals surface area contributed by atoms with E-state index in [0.29, 0.717) is 5.75 Å². The lowest BCUT2D eigenvalue weighted by atomic mass is 9.88. The molecule has 0 unspecified atom stereocenters. The molecule has 1 aliphatic carbocycles. The van der Waals surface area contributed by atoms with Crippen LogP contribution >= 0.6 is 0 Å². The molecule has 1 aromatic carbocycles. The number of benzene rings is 1. The van der Waals surface area contributed by atoms with Crippen molar-refractivity contribution in [1.29, 1.82) is 0 Å².